The molecule has 4 aromatic rings. The minimum Gasteiger partial charge on any atom is -0.436 e. The van der Waals surface area contributed by atoms with Crippen molar-refractivity contribution in [2.75, 3.05) is 23.3 Å². The number of anilines is 2. The number of hydrogen-bond donors (Lipinski definition) is 1. The maximum Gasteiger partial charge on any atom is 0.268 e. The Morgan fingerprint density at radius 3 is 2.81 bits per heavy atom. The molecule has 0 aliphatic carbocycles. The number of aromatic nitrogens is 3. The number of nitrogens with zero attached hydrogens (tertiary/aromatic N) is 4. The van der Waals surface area contributed by atoms with E-state index in [1.165, 1.54) is 4.68 Å². The third-order valence-electron chi connectivity index (χ3n) is 5.55. The van der Waals surface area contributed by atoms with Gasteiger partial charge in [-0.15, -0.1) is 0 Å². The lowest BCUT2D eigenvalue weighted by molar-refractivity contribution is -0.119. The number of carbonyl (C=O) groups excluding carboxylic acids is 1. The second-order valence-electron chi connectivity index (χ2n) is 7.66. The van der Waals surface area contributed by atoms with Crippen LogP contribution in [0, 0.1) is 5.92 Å². The van der Waals surface area contributed by atoms with Gasteiger partial charge in [0.25, 0.3) is 5.56 Å². The molecule has 1 fully saturated rings. The third-order valence-corrected chi connectivity index (χ3v) is 5.55. The third kappa shape index (κ3) is 3.79. The van der Waals surface area contributed by atoms with Gasteiger partial charge >= 0.3 is 0 Å². The zero-order valence-electron chi connectivity index (χ0n) is 17.0. The van der Waals surface area contributed by atoms with Crippen molar-refractivity contribution in [1.29, 1.82) is 0 Å². The first-order valence-electron chi connectivity index (χ1n) is 10.1. The summed E-state index contributed by atoms with van der Waals surface area (Å²) in [4.78, 5) is 31.2. The summed E-state index contributed by atoms with van der Waals surface area (Å²) in [6, 6.07) is 16.7. The molecule has 1 amide bonds. The Morgan fingerprint density at radius 2 is 2.00 bits per heavy atom. The van der Waals surface area contributed by atoms with E-state index >= 15 is 0 Å². The van der Waals surface area contributed by atoms with Crippen LogP contribution in [0.25, 0.3) is 22.6 Å². The van der Waals surface area contributed by atoms with Gasteiger partial charge in [0.05, 0.1) is 17.8 Å². The molecule has 1 N–H and O–H groups in total. The molecule has 1 aliphatic rings. The van der Waals surface area contributed by atoms with E-state index in [9.17, 15) is 9.59 Å². The summed E-state index contributed by atoms with van der Waals surface area (Å²) < 4.78 is 7.17. The number of nitrogens with one attached hydrogen (secondary N) is 1. The van der Waals surface area contributed by atoms with Crippen LogP contribution in [-0.2, 0) is 11.8 Å². The molecule has 0 saturated carbocycles. The first kappa shape index (κ1) is 19.0. The number of aryl methyl sites for hydroxylation is 1. The van der Waals surface area contributed by atoms with Crippen molar-refractivity contribution in [3.63, 3.8) is 0 Å². The summed E-state index contributed by atoms with van der Waals surface area (Å²) >= 11 is 0. The van der Waals surface area contributed by atoms with Gasteiger partial charge in [0.15, 0.2) is 5.58 Å². The van der Waals surface area contributed by atoms with Gasteiger partial charge in [0, 0.05) is 43.5 Å². The minimum atomic E-state index is -0.172. The van der Waals surface area contributed by atoms with Gasteiger partial charge in [-0.1, -0.05) is 18.2 Å². The lowest BCUT2D eigenvalue weighted by atomic mass is 10.1. The summed E-state index contributed by atoms with van der Waals surface area (Å²) in [5, 5.41) is 7.04. The van der Waals surface area contributed by atoms with Crippen LogP contribution in [0.3, 0.4) is 0 Å². The highest BCUT2D eigenvalue weighted by molar-refractivity contribution is 5.95. The van der Waals surface area contributed by atoms with Gasteiger partial charge in [0.2, 0.25) is 11.8 Å². The van der Waals surface area contributed by atoms with E-state index in [2.05, 4.69) is 15.4 Å². The highest BCUT2D eigenvalue weighted by atomic mass is 16.3. The van der Waals surface area contributed by atoms with Crippen LogP contribution in [-0.4, -0.2) is 33.8 Å². The molecule has 0 radical (unpaired) electrons. The van der Waals surface area contributed by atoms with Crippen molar-refractivity contribution >= 4 is 28.4 Å². The largest absolute Gasteiger partial charge is 0.436 e. The fourth-order valence-electron chi connectivity index (χ4n) is 3.79. The van der Waals surface area contributed by atoms with Gasteiger partial charge in [-0.25, -0.2) is 9.67 Å². The average Bonchev–Trinajstić information content (AvgIpc) is 3.43. The van der Waals surface area contributed by atoms with Gasteiger partial charge in [-0.2, -0.15) is 5.10 Å². The Bertz CT molecular complexity index is 1310. The molecule has 8 heteroatoms. The predicted molar refractivity (Wildman–Crippen MR) is 118 cm³/mol. The highest BCUT2D eigenvalue weighted by Gasteiger charge is 2.29. The molecule has 2 aromatic heterocycles. The van der Waals surface area contributed by atoms with Crippen LogP contribution >= 0.6 is 0 Å². The summed E-state index contributed by atoms with van der Waals surface area (Å²) in [7, 11) is 1.61. The number of fused-ring (bicyclic) bond motifs is 1. The molecule has 1 saturated heterocycles. The van der Waals surface area contributed by atoms with E-state index in [0.717, 1.165) is 16.8 Å². The Balaban J connectivity index is 1.29. The normalized spacial score (nSPS) is 16.0. The fraction of sp³-hybridized carbons (Fsp3) is 0.217. The van der Waals surface area contributed by atoms with E-state index in [1.54, 1.807) is 25.4 Å². The Hall–Kier alpha value is -3.94. The van der Waals surface area contributed by atoms with Crippen LogP contribution < -0.4 is 15.8 Å². The molecule has 3 heterocycles. The predicted octanol–water partition coefficient (Wildman–Crippen LogP) is 3.05. The number of hydrogen-bond acceptors (Lipinski definition) is 6. The van der Waals surface area contributed by atoms with Crippen molar-refractivity contribution in [2.45, 2.75) is 6.42 Å². The second-order valence-corrected chi connectivity index (χ2v) is 7.66. The Kier molecular flexibility index (Phi) is 4.74. The monoisotopic (exact) mass is 415 g/mol. The van der Waals surface area contributed by atoms with Crippen LogP contribution in [0.1, 0.15) is 6.42 Å². The molecule has 8 nitrogen and oxygen atoms in total. The number of amides is 1. The van der Waals surface area contributed by atoms with E-state index in [-0.39, 0.29) is 17.4 Å². The molecule has 0 spiro atoms. The van der Waals surface area contributed by atoms with E-state index in [0.29, 0.717) is 36.7 Å². The highest BCUT2D eigenvalue weighted by Crippen LogP contribution is 2.27. The van der Waals surface area contributed by atoms with Gasteiger partial charge in [0.1, 0.15) is 5.52 Å². The van der Waals surface area contributed by atoms with Crippen molar-refractivity contribution < 1.29 is 9.21 Å². The van der Waals surface area contributed by atoms with Crippen LogP contribution in [0.2, 0.25) is 0 Å². The van der Waals surface area contributed by atoms with Crippen molar-refractivity contribution in [2.24, 2.45) is 13.0 Å². The molecular weight excluding hydrogens is 394 g/mol. The first-order chi connectivity index (χ1) is 15.1. The van der Waals surface area contributed by atoms with Crippen molar-refractivity contribution in [3.05, 3.63) is 71.1 Å². The molecule has 1 atom stereocenters. The number of benzene rings is 2. The van der Waals surface area contributed by atoms with Crippen LogP contribution in [0.5, 0.6) is 0 Å². The Morgan fingerprint density at radius 1 is 1.16 bits per heavy atom. The smallest absolute Gasteiger partial charge is 0.268 e. The second kappa shape index (κ2) is 7.71. The maximum atomic E-state index is 12.8. The number of rotatable bonds is 4. The van der Waals surface area contributed by atoms with E-state index < -0.39 is 0 Å². The molecule has 5 rings (SSSR count). The van der Waals surface area contributed by atoms with E-state index in [4.69, 9.17) is 4.42 Å². The quantitative estimate of drug-likeness (QED) is 0.551. The van der Waals surface area contributed by atoms with Gasteiger partial charge in [-0.3, -0.25) is 9.59 Å². The SMILES string of the molecule is Cn1ncc(N2CCC(C(=O)Nc3ccc4nc(-c5ccccc5)oc4c3)C2)cc1=O. The Labute approximate surface area is 178 Å². The minimum absolute atomic E-state index is 0.0542. The summed E-state index contributed by atoms with van der Waals surface area (Å²) in [5.41, 5.74) is 3.51. The van der Waals surface area contributed by atoms with Crippen molar-refractivity contribution in [1.82, 2.24) is 14.8 Å². The zero-order chi connectivity index (χ0) is 21.4. The summed E-state index contributed by atoms with van der Waals surface area (Å²) in [6.07, 6.45) is 2.37. The fourth-order valence-corrected chi connectivity index (χ4v) is 3.79. The zero-order valence-corrected chi connectivity index (χ0v) is 17.0. The summed E-state index contributed by atoms with van der Waals surface area (Å²) in [5.74, 6) is 0.323. The first-order valence-corrected chi connectivity index (χ1v) is 10.1. The molecule has 31 heavy (non-hydrogen) atoms. The van der Waals surface area contributed by atoms with Crippen LogP contribution in [0.15, 0.2) is 70.0 Å². The molecule has 156 valence electrons. The van der Waals surface area contributed by atoms with Crippen molar-refractivity contribution in [3.8, 4) is 11.5 Å². The standard InChI is InChI=1S/C23H21N5O3/c1-27-21(29)12-18(13-24-27)28-10-9-16(14-28)22(30)25-17-7-8-19-20(11-17)31-23(26-19)15-5-3-2-4-6-15/h2-8,11-13,16H,9-10,14H2,1H3,(H,25,30). The summed E-state index contributed by atoms with van der Waals surface area (Å²) in [6.45, 7) is 1.25. The average molecular weight is 415 g/mol. The number of oxazole rings is 1. The molecule has 2 aromatic carbocycles. The molecule has 1 aliphatic heterocycles. The molecule has 1 unspecified atom stereocenters. The van der Waals surface area contributed by atoms with Gasteiger partial charge < -0.3 is 14.6 Å². The topological polar surface area (TPSA) is 93.3 Å². The lowest BCUT2D eigenvalue weighted by Crippen LogP contribution is -2.28. The molecule has 0 bridgehead atoms. The lowest BCUT2D eigenvalue weighted by Gasteiger charge is -2.18. The number of carbonyl (C=O) groups is 1. The van der Waals surface area contributed by atoms with Gasteiger partial charge in [-0.05, 0) is 30.7 Å². The van der Waals surface area contributed by atoms with E-state index in [1.807, 2.05) is 47.4 Å². The molecular formula is C23H21N5O3. The van der Waals surface area contributed by atoms with Crippen LogP contribution in [0.4, 0.5) is 11.4 Å². The maximum absolute atomic E-state index is 12.8.